The first-order valence-electron chi connectivity index (χ1n) is 20.2. The Balaban J connectivity index is 1.52. The molecule has 7 nitrogen and oxygen atoms in total. The van der Waals surface area contributed by atoms with Crippen LogP contribution in [0.4, 0.5) is 0 Å². The van der Waals surface area contributed by atoms with Gasteiger partial charge in [-0.2, -0.15) is 9.46 Å². The Morgan fingerprint density at radius 2 is 0.942 bits per heavy atom. The molecule has 286 valence electrons. The Morgan fingerprint density at radius 3 is 1.35 bits per heavy atom. The Labute approximate surface area is 321 Å². The van der Waals surface area contributed by atoms with Crippen molar-refractivity contribution in [2.75, 3.05) is 26.2 Å². The monoisotopic (exact) mass is 751 g/mol. The number of pyridine rings is 2. The summed E-state index contributed by atoms with van der Waals surface area (Å²) in [5, 5.41) is 25.5. The van der Waals surface area contributed by atoms with Crippen molar-refractivity contribution in [2.45, 2.75) is 135 Å². The van der Waals surface area contributed by atoms with Crippen LogP contribution in [0.3, 0.4) is 0 Å². The van der Waals surface area contributed by atoms with Gasteiger partial charge in [-0.25, -0.2) is 0 Å². The number of hydrogen-bond acceptors (Lipinski definition) is 5. The number of aromatic nitrogens is 2. The van der Waals surface area contributed by atoms with E-state index in [0.29, 0.717) is 40.2 Å². The number of unbranched alkanes of at least 4 members (excludes halogenated alkanes) is 14. The van der Waals surface area contributed by atoms with Gasteiger partial charge in [0, 0.05) is 52.3 Å². The molecule has 4 rings (SSSR count). The van der Waals surface area contributed by atoms with Crippen molar-refractivity contribution < 1.29 is 10.4 Å². The number of benzene rings is 2. The van der Waals surface area contributed by atoms with Crippen LogP contribution in [0.1, 0.15) is 129 Å². The molecule has 0 spiro atoms. The van der Waals surface area contributed by atoms with E-state index in [9.17, 15) is 10.4 Å². The summed E-state index contributed by atoms with van der Waals surface area (Å²) in [5.74, 6) is 0. The van der Waals surface area contributed by atoms with Crippen molar-refractivity contribution in [3.8, 4) is 0 Å². The molecule has 0 saturated heterocycles. The predicted molar refractivity (Wildman–Crippen MR) is 219 cm³/mol. The summed E-state index contributed by atoms with van der Waals surface area (Å²) in [6.45, 7) is 7.52. The van der Waals surface area contributed by atoms with Crippen molar-refractivity contribution in [3.63, 3.8) is 0 Å². The lowest BCUT2D eigenvalue weighted by atomic mass is 9.98. The van der Waals surface area contributed by atoms with Gasteiger partial charge in [-0.3, -0.25) is 14.9 Å². The van der Waals surface area contributed by atoms with E-state index in [1.54, 1.807) is 24.5 Å². The lowest BCUT2D eigenvalue weighted by Crippen LogP contribution is -2.39. The van der Waals surface area contributed by atoms with Crippen LogP contribution < -0.4 is 10.7 Å². The maximum absolute atomic E-state index is 10.4. The van der Waals surface area contributed by atoms with Crippen molar-refractivity contribution in [1.29, 1.82) is 0 Å². The minimum Gasteiger partial charge on any atom is -0.428 e. The second kappa shape index (κ2) is 23.6. The van der Waals surface area contributed by atoms with E-state index in [1.165, 1.54) is 116 Å². The van der Waals surface area contributed by atoms with Gasteiger partial charge in [-0.1, -0.05) is 140 Å². The molecule has 0 unspecified atom stereocenters. The molecule has 2 aromatic carbocycles. The topological polar surface area (TPSA) is 78.3 Å². The van der Waals surface area contributed by atoms with E-state index >= 15 is 0 Å². The molecule has 9 heteroatoms. The molecule has 0 atom stereocenters. The van der Waals surface area contributed by atoms with Gasteiger partial charge in [0.25, 0.3) is 0 Å². The minimum atomic E-state index is 0.474. The first-order valence-corrected chi connectivity index (χ1v) is 20.9. The van der Waals surface area contributed by atoms with Crippen LogP contribution in [0.2, 0.25) is 10.0 Å². The Kier molecular flexibility index (Phi) is 19.0. The summed E-state index contributed by atoms with van der Waals surface area (Å²) in [6, 6.07) is 15.3. The minimum absolute atomic E-state index is 0.474. The quantitative estimate of drug-likeness (QED) is 0.0523. The van der Waals surface area contributed by atoms with Crippen LogP contribution >= 0.6 is 23.2 Å². The molecule has 52 heavy (non-hydrogen) atoms. The molecule has 0 amide bonds. The summed E-state index contributed by atoms with van der Waals surface area (Å²) < 4.78 is 2.22. The fourth-order valence-electron chi connectivity index (χ4n) is 7.33. The zero-order valence-electron chi connectivity index (χ0n) is 31.8. The number of hydrogen-bond donors (Lipinski definition) is 2. The van der Waals surface area contributed by atoms with Crippen LogP contribution in [0.5, 0.6) is 0 Å². The SMILES string of the molecule is CCCCCCCCCCC(CCCCCCCCCC)N(CCN=c1ccn(O)c2cc(Cl)ccc12)CCN=c1ccn(O)c2cc(Cl)ccc12. The Morgan fingerprint density at radius 1 is 0.558 bits per heavy atom. The third kappa shape index (κ3) is 13.8. The lowest BCUT2D eigenvalue weighted by Gasteiger charge is -2.31. The van der Waals surface area contributed by atoms with Crippen LogP contribution in [0.25, 0.3) is 21.8 Å². The second-order valence-electron chi connectivity index (χ2n) is 14.4. The molecule has 2 N–H and O–H groups in total. The fraction of sp³-hybridized carbons (Fsp3) is 0.581. The van der Waals surface area contributed by atoms with E-state index in [-0.39, 0.29) is 0 Å². The Bertz CT molecular complexity index is 1640. The fourth-order valence-corrected chi connectivity index (χ4v) is 7.66. The lowest BCUT2D eigenvalue weighted by molar-refractivity contribution is 0.179. The highest BCUT2D eigenvalue weighted by Gasteiger charge is 2.18. The Hall–Kier alpha value is -3.00. The van der Waals surface area contributed by atoms with E-state index in [4.69, 9.17) is 33.2 Å². The predicted octanol–water partition coefficient (Wildman–Crippen LogP) is 11.6. The highest BCUT2D eigenvalue weighted by molar-refractivity contribution is 6.31. The summed E-state index contributed by atoms with van der Waals surface area (Å²) in [5.41, 5.74) is 1.29. The second-order valence-corrected chi connectivity index (χ2v) is 15.3. The van der Waals surface area contributed by atoms with E-state index in [1.807, 2.05) is 36.4 Å². The highest BCUT2D eigenvalue weighted by Crippen LogP contribution is 2.21. The van der Waals surface area contributed by atoms with E-state index in [2.05, 4.69) is 18.7 Å². The third-order valence-corrected chi connectivity index (χ3v) is 10.8. The molecule has 2 aromatic heterocycles. The normalized spacial score (nSPS) is 12.7. The molecule has 2 heterocycles. The zero-order valence-corrected chi connectivity index (χ0v) is 33.3. The zero-order chi connectivity index (χ0) is 37.0. The maximum Gasteiger partial charge on any atom is 0.0901 e. The van der Waals surface area contributed by atoms with Gasteiger partial charge in [-0.05, 0) is 61.4 Å². The van der Waals surface area contributed by atoms with Crippen molar-refractivity contribution in [1.82, 2.24) is 14.4 Å². The highest BCUT2D eigenvalue weighted by atomic mass is 35.5. The van der Waals surface area contributed by atoms with Gasteiger partial charge in [0.05, 0.1) is 34.8 Å². The summed E-state index contributed by atoms with van der Waals surface area (Å²) in [6.07, 6.45) is 26.8. The number of halogens is 2. The van der Waals surface area contributed by atoms with Gasteiger partial charge in [0.15, 0.2) is 0 Å². The number of fused-ring (bicyclic) bond motifs is 2. The first kappa shape index (κ1) is 41.8. The van der Waals surface area contributed by atoms with Gasteiger partial charge in [0.1, 0.15) is 0 Å². The summed E-state index contributed by atoms with van der Waals surface area (Å²) in [4.78, 5) is 12.8. The van der Waals surface area contributed by atoms with Gasteiger partial charge >= 0.3 is 0 Å². The number of rotatable bonds is 25. The van der Waals surface area contributed by atoms with Gasteiger partial charge < -0.3 is 10.4 Å². The molecule has 0 bridgehead atoms. The van der Waals surface area contributed by atoms with Crippen LogP contribution in [0.15, 0.2) is 70.9 Å². The average molecular weight is 753 g/mol. The average Bonchev–Trinajstić information content (AvgIpc) is 3.14. The molecular weight excluding hydrogens is 689 g/mol. The molecular formula is C43H63Cl2N5O2. The molecule has 0 saturated carbocycles. The van der Waals surface area contributed by atoms with E-state index in [0.717, 1.165) is 44.0 Å². The van der Waals surface area contributed by atoms with Crippen molar-refractivity contribution >= 4 is 45.0 Å². The standard InChI is InChI=1S/C43H63Cl2N5O2/c1-3-5-7-9-11-13-15-17-19-37(20-18-16-14-12-10-8-6-4-2)48(31-27-46-40-25-29-49(51)42-33-35(44)21-23-38(40)42)32-28-47-41-26-30-50(52)43-34-36(45)22-24-39(41)43/h21-26,29-30,33-34,37,51-52H,3-20,27-28,31-32H2,1-2H3. The smallest absolute Gasteiger partial charge is 0.0901 e. The maximum atomic E-state index is 10.4. The first-order chi connectivity index (χ1) is 25.4. The van der Waals surface area contributed by atoms with Crippen LogP contribution in [-0.2, 0) is 0 Å². The summed E-state index contributed by atoms with van der Waals surface area (Å²) >= 11 is 12.5. The molecule has 0 aliphatic heterocycles. The van der Waals surface area contributed by atoms with Gasteiger partial charge in [-0.15, -0.1) is 0 Å². The summed E-state index contributed by atoms with van der Waals surface area (Å²) in [7, 11) is 0. The largest absolute Gasteiger partial charge is 0.428 e. The number of nitrogens with zero attached hydrogens (tertiary/aromatic N) is 5. The van der Waals surface area contributed by atoms with Crippen molar-refractivity contribution in [2.24, 2.45) is 9.98 Å². The van der Waals surface area contributed by atoms with Crippen molar-refractivity contribution in [3.05, 3.63) is 81.7 Å². The van der Waals surface area contributed by atoms with E-state index < -0.39 is 0 Å². The van der Waals surface area contributed by atoms with Gasteiger partial charge in [0.2, 0.25) is 0 Å². The van der Waals surface area contributed by atoms with Crippen LogP contribution in [-0.4, -0.2) is 57.0 Å². The third-order valence-electron chi connectivity index (χ3n) is 10.3. The molecule has 0 aliphatic rings. The molecule has 4 aromatic rings. The molecule has 0 fully saturated rings. The molecule has 0 radical (unpaired) electrons. The van der Waals surface area contributed by atoms with Crippen LogP contribution in [0, 0.1) is 0 Å². The molecule has 0 aliphatic carbocycles.